The molecule has 0 radical (unpaired) electrons. The molecule has 2 aromatic heterocycles. The van der Waals surface area contributed by atoms with Crippen molar-refractivity contribution >= 4 is 23.2 Å². The summed E-state index contributed by atoms with van der Waals surface area (Å²) >= 11 is 0. The molecular weight excluding hydrogens is 370 g/mol. The highest BCUT2D eigenvalue weighted by Gasteiger charge is 2.15. The summed E-state index contributed by atoms with van der Waals surface area (Å²) in [5, 5.41) is 16.3. The first-order valence-corrected chi connectivity index (χ1v) is 9.08. The average Bonchev–Trinajstić information content (AvgIpc) is 3.11. The van der Waals surface area contributed by atoms with E-state index in [9.17, 15) is 9.59 Å². The maximum atomic E-state index is 12.5. The number of hydrogen-bond acceptors (Lipinski definition) is 6. The van der Waals surface area contributed by atoms with Gasteiger partial charge >= 0.3 is 5.97 Å². The second-order valence-corrected chi connectivity index (χ2v) is 6.74. The van der Waals surface area contributed by atoms with Crippen LogP contribution >= 0.6 is 0 Å². The molecule has 0 atom stereocenters. The smallest absolute Gasteiger partial charge is 0.337 e. The van der Waals surface area contributed by atoms with E-state index in [0.717, 1.165) is 22.5 Å². The molecule has 8 heteroatoms. The number of amides is 1. The maximum Gasteiger partial charge on any atom is 0.337 e. The molecule has 3 aromatic rings. The highest BCUT2D eigenvalue weighted by atomic mass is 16.5. The van der Waals surface area contributed by atoms with E-state index in [1.54, 1.807) is 22.7 Å². The number of nitrogens with zero attached hydrogens (tertiary/aromatic N) is 4. The fourth-order valence-corrected chi connectivity index (χ4v) is 3.25. The number of hydrogen-bond donors (Lipinski definition) is 1. The summed E-state index contributed by atoms with van der Waals surface area (Å²) in [4.78, 5) is 28.5. The number of nitriles is 1. The van der Waals surface area contributed by atoms with Crippen LogP contribution in [0.15, 0.2) is 24.4 Å². The topological polar surface area (TPSA) is 109 Å². The molecule has 0 aliphatic heterocycles. The van der Waals surface area contributed by atoms with Gasteiger partial charge in [0.1, 0.15) is 11.6 Å². The third-order valence-electron chi connectivity index (χ3n) is 4.85. The number of esters is 1. The number of carbonyl (C=O) groups excluding carboxylic acids is 2. The predicted molar refractivity (Wildman–Crippen MR) is 107 cm³/mol. The van der Waals surface area contributed by atoms with Crippen molar-refractivity contribution < 1.29 is 14.3 Å². The van der Waals surface area contributed by atoms with Crippen molar-refractivity contribution in [2.24, 2.45) is 0 Å². The van der Waals surface area contributed by atoms with Gasteiger partial charge in [-0.2, -0.15) is 10.4 Å². The van der Waals surface area contributed by atoms with Gasteiger partial charge in [-0.1, -0.05) is 0 Å². The molecule has 1 N–H and O–H groups in total. The minimum Gasteiger partial charge on any atom is -0.465 e. The third kappa shape index (κ3) is 3.94. The zero-order valence-electron chi connectivity index (χ0n) is 16.7. The molecule has 1 amide bonds. The van der Waals surface area contributed by atoms with Gasteiger partial charge in [-0.05, 0) is 56.5 Å². The average molecular weight is 391 g/mol. The summed E-state index contributed by atoms with van der Waals surface area (Å²) in [6.07, 6.45) is 2.25. The number of aryl methyl sites for hydroxylation is 3. The summed E-state index contributed by atoms with van der Waals surface area (Å²) in [6, 6.07) is 7.07. The molecule has 29 heavy (non-hydrogen) atoms. The number of ether oxygens (including phenoxy) is 1. The number of rotatable bonds is 5. The highest BCUT2D eigenvalue weighted by molar-refractivity contribution is 5.94. The van der Waals surface area contributed by atoms with Crippen LogP contribution in [0.25, 0.3) is 5.65 Å². The molecule has 0 aliphatic carbocycles. The molecule has 0 aliphatic rings. The fourth-order valence-electron chi connectivity index (χ4n) is 3.25. The van der Waals surface area contributed by atoms with Crippen LogP contribution in [0, 0.1) is 32.1 Å². The van der Waals surface area contributed by atoms with Crippen LogP contribution in [-0.4, -0.2) is 33.6 Å². The van der Waals surface area contributed by atoms with Crippen molar-refractivity contribution in [1.29, 1.82) is 5.26 Å². The van der Waals surface area contributed by atoms with Crippen molar-refractivity contribution in [1.82, 2.24) is 14.6 Å². The molecule has 3 rings (SSSR count). The third-order valence-corrected chi connectivity index (χ3v) is 4.85. The lowest BCUT2D eigenvalue weighted by Crippen LogP contribution is -2.15. The van der Waals surface area contributed by atoms with Crippen molar-refractivity contribution in [2.45, 2.75) is 33.6 Å². The summed E-state index contributed by atoms with van der Waals surface area (Å²) in [5.41, 5.74) is 5.37. The van der Waals surface area contributed by atoms with Gasteiger partial charge in [-0.25, -0.2) is 14.3 Å². The molecule has 0 bridgehead atoms. The Bertz CT molecular complexity index is 1160. The van der Waals surface area contributed by atoms with Gasteiger partial charge in [0.05, 0.1) is 18.9 Å². The Morgan fingerprint density at radius 3 is 2.69 bits per heavy atom. The van der Waals surface area contributed by atoms with Crippen LogP contribution in [0.5, 0.6) is 0 Å². The van der Waals surface area contributed by atoms with E-state index in [-0.39, 0.29) is 12.3 Å². The lowest BCUT2D eigenvalue weighted by atomic mass is 10.1. The van der Waals surface area contributed by atoms with Gasteiger partial charge in [0.25, 0.3) is 0 Å². The number of nitrogens with one attached hydrogen (secondary N) is 1. The van der Waals surface area contributed by atoms with E-state index in [1.165, 1.54) is 13.3 Å². The molecule has 1 aromatic carbocycles. The van der Waals surface area contributed by atoms with Gasteiger partial charge < -0.3 is 10.1 Å². The molecule has 0 spiro atoms. The Morgan fingerprint density at radius 1 is 1.28 bits per heavy atom. The molecule has 0 saturated heterocycles. The van der Waals surface area contributed by atoms with Crippen molar-refractivity contribution in [3.63, 3.8) is 0 Å². The minimum absolute atomic E-state index is 0.143. The SMILES string of the molecule is COC(=O)c1ccc(NC(=O)CCc2c(C)nc3c(C#N)cnn3c2C)c(C)c1. The van der Waals surface area contributed by atoms with Gasteiger partial charge in [0, 0.05) is 23.5 Å². The van der Waals surface area contributed by atoms with Crippen LogP contribution in [0.2, 0.25) is 0 Å². The van der Waals surface area contributed by atoms with E-state index in [4.69, 9.17) is 10.00 Å². The molecule has 148 valence electrons. The number of fused-ring (bicyclic) bond motifs is 1. The van der Waals surface area contributed by atoms with Crippen LogP contribution in [0.3, 0.4) is 0 Å². The minimum atomic E-state index is -0.419. The van der Waals surface area contributed by atoms with Gasteiger partial charge in [-0.3, -0.25) is 4.79 Å². The Morgan fingerprint density at radius 2 is 2.03 bits per heavy atom. The Balaban J connectivity index is 1.73. The van der Waals surface area contributed by atoms with Crippen LogP contribution < -0.4 is 5.32 Å². The first-order chi connectivity index (χ1) is 13.8. The number of aromatic nitrogens is 3. The molecule has 0 saturated carbocycles. The van der Waals surface area contributed by atoms with Crippen molar-refractivity contribution in [3.05, 3.63) is 58.0 Å². The monoisotopic (exact) mass is 391 g/mol. The molecule has 0 fully saturated rings. The van der Waals surface area contributed by atoms with Gasteiger partial charge in [-0.15, -0.1) is 0 Å². The maximum absolute atomic E-state index is 12.5. The second kappa shape index (κ2) is 8.10. The van der Waals surface area contributed by atoms with E-state index in [1.807, 2.05) is 20.8 Å². The first-order valence-electron chi connectivity index (χ1n) is 9.08. The van der Waals surface area contributed by atoms with Crippen molar-refractivity contribution in [2.75, 3.05) is 12.4 Å². The molecule has 0 unspecified atom stereocenters. The summed E-state index contributed by atoms with van der Waals surface area (Å²) in [6.45, 7) is 5.58. The van der Waals surface area contributed by atoms with Crippen LogP contribution in [-0.2, 0) is 16.0 Å². The predicted octanol–water partition coefficient (Wildman–Crippen LogP) is 2.88. The van der Waals surface area contributed by atoms with Crippen LogP contribution in [0.4, 0.5) is 5.69 Å². The quantitative estimate of drug-likeness (QED) is 0.670. The number of methoxy groups -OCH3 is 1. The van der Waals surface area contributed by atoms with Crippen molar-refractivity contribution in [3.8, 4) is 6.07 Å². The van der Waals surface area contributed by atoms with E-state index in [2.05, 4.69) is 21.5 Å². The lowest BCUT2D eigenvalue weighted by Gasteiger charge is -2.12. The summed E-state index contributed by atoms with van der Waals surface area (Å²) < 4.78 is 6.34. The number of carbonyl (C=O) groups is 2. The van der Waals surface area contributed by atoms with E-state index >= 15 is 0 Å². The molecule has 8 nitrogen and oxygen atoms in total. The zero-order valence-corrected chi connectivity index (χ0v) is 16.7. The van der Waals surface area contributed by atoms with Gasteiger partial charge in [0.2, 0.25) is 5.91 Å². The van der Waals surface area contributed by atoms with Gasteiger partial charge in [0.15, 0.2) is 5.65 Å². The standard InChI is InChI=1S/C21H21N5O3/c1-12-9-15(21(28)29-4)5-7-18(12)25-19(27)8-6-17-13(2)24-20-16(10-22)11-23-26(20)14(17)3/h5,7,9,11H,6,8H2,1-4H3,(H,25,27). The molecular formula is C21H21N5O3. The summed E-state index contributed by atoms with van der Waals surface area (Å²) in [7, 11) is 1.33. The zero-order chi connectivity index (χ0) is 21.1. The Labute approximate surface area is 168 Å². The largest absolute Gasteiger partial charge is 0.465 e. The lowest BCUT2D eigenvalue weighted by molar-refractivity contribution is -0.116. The Hall–Kier alpha value is -3.73. The summed E-state index contributed by atoms with van der Waals surface area (Å²) in [5.74, 6) is -0.561. The van der Waals surface area contributed by atoms with E-state index in [0.29, 0.717) is 28.9 Å². The number of benzene rings is 1. The first kappa shape index (κ1) is 20.0. The molecule has 2 heterocycles. The van der Waals surface area contributed by atoms with Crippen LogP contribution in [0.1, 0.15) is 44.9 Å². The Kier molecular flexibility index (Phi) is 5.59. The number of anilines is 1. The second-order valence-electron chi connectivity index (χ2n) is 6.74. The fraction of sp³-hybridized carbons (Fsp3) is 0.286. The van der Waals surface area contributed by atoms with E-state index < -0.39 is 5.97 Å². The highest BCUT2D eigenvalue weighted by Crippen LogP contribution is 2.20. The normalized spacial score (nSPS) is 10.6.